The molecule has 3 aromatic rings. The molecule has 1 unspecified atom stereocenters. The Morgan fingerprint density at radius 2 is 1.81 bits per heavy atom. The highest BCUT2D eigenvalue weighted by molar-refractivity contribution is 5.81. The van der Waals surface area contributed by atoms with E-state index in [0.717, 1.165) is 24.0 Å². The second kappa shape index (κ2) is 10.6. The lowest BCUT2D eigenvalue weighted by molar-refractivity contribution is -0.135. The number of benzene rings is 3. The molecule has 0 aliphatic rings. The third kappa shape index (κ3) is 5.60. The minimum absolute atomic E-state index is 0.341. The zero-order valence-electron chi connectivity index (χ0n) is 18.1. The molecule has 0 aliphatic heterocycles. The van der Waals surface area contributed by atoms with Gasteiger partial charge in [0.2, 0.25) is 0 Å². The van der Waals surface area contributed by atoms with E-state index in [-0.39, 0.29) is 5.82 Å². The molecule has 160 valence electrons. The number of carbonyl (C=O) groups is 1. The number of hydrogen-bond donors (Lipinski definition) is 0. The maximum atomic E-state index is 14.7. The molecule has 0 aromatic heterocycles. The fourth-order valence-electron chi connectivity index (χ4n) is 3.24. The van der Waals surface area contributed by atoms with Crippen molar-refractivity contribution in [2.24, 2.45) is 0 Å². The van der Waals surface area contributed by atoms with Crippen molar-refractivity contribution in [1.82, 2.24) is 0 Å². The van der Waals surface area contributed by atoms with Gasteiger partial charge in [-0.2, -0.15) is 0 Å². The Kier molecular flexibility index (Phi) is 7.60. The van der Waals surface area contributed by atoms with Gasteiger partial charge in [0.25, 0.3) is 0 Å². The molecule has 0 aliphatic carbocycles. The van der Waals surface area contributed by atoms with E-state index in [0.29, 0.717) is 22.6 Å². The highest BCUT2D eigenvalue weighted by Gasteiger charge is 2.21. The molecule has 0 heterocycles. The average Bonchev–Trinajstić information content (AvgIpc) is 2.80. The van der Waals surface area contributed by atoms with Gasteiger partial charge in [-0.3, -0.25) is 4.79 Å². The van der Waals surface area contributed by atoms with Crippen LogP contribution in [-0.4, -0.2) is 13.1 Å². The first-order valence-corrected chi connectivity index (χ1v) is 10.4. The summed E-state index contributed by atoms with van der Waals surface area (Å²) in [5, 5.41) is 0. The van der Waals surface area contributed by atoms with E-state index in [1.165, 1.54) is 13.2 Å². The minimum atomic E-state index is -0.631. The minimum Gasteiger partial charge on any atom is -0.493 e. The van der Waals surface area contributed by atoms with E-state index in [4.69, 9.17) is 9.47 Å². The monoisotopic (exact) mass is 418 g/mol. The molecule has 0 radical (unpaired) electrons. The fraction of sp³-hybridized carbons (Fsp3) is 0.222. The third-order valence-corrected chi connectivity index (χ3v) is 5.10. The molecule has 3 rings (SSSR count). The predicted octanol–water partition coefficient (Wildman–Crippen LogP) is 7.02. The van der Waals surface area contributed by atoms with Crippen molar-refractivity contribution in [3.8, 4) is 22.6 Å². The summed E-state index contributed by atoms with van der Waals surface area (Å²) in [7, 11) is 1.54. The Labute approximate surface area is 183 Å². The highest BCUT2D eigenvalue weighted by atomic mass is 19.1. The van der Waals surface area contributed by atoms with Crippen LogP contribution in [0.1, 0.15) is 43.7 Å². The number of halogens is 1. The number of methoxy groups -OCH3 is 1. The second-order valence-electron chi connectivity index (χ2n) is 7.35. The van der Waals surface area contributed by atoms with Gasteiger partial charge < -0.3 is 9.47 Å². The molecule has 0 spiro atoms. The summed E-state index contributed by atoms with van der Waals surface area (Å²) in [6.45, 7) is 3.82. The Bertz CT molecular complexity index is 1060. The van der Waals surface area contributed by atoms with Crippen molar-refractivity contribution in [2.45, 2.75) is 32.6 Å². The molecule has 0 bridgehead atoms. The van der Waals surface area contributed by atoms with Crippen LogP contribution in [0.5, 0.6) is 11.5 Å². The molecule has 0 amide bonds. The van der Waals surface area contributed by atoms with Crippen LogP contribution in [0.15, 0.2) is 72.8 Å². The van der Waals surface area contributed by atoms with Crippen molar-refractivity contribution in [3.05, 3.63) is 89.8 Å². The summed E-state index contributed by atoms with van der Waals surface area (Å²) in [6.07, 6.45) is 6.18. The Balaban J connectivity index is 1.75. The van der Waals surface area contributed by atoms with Gasteiger partial charge in [0, 0.05) is 5.56 Å². The molecule has 4 heteroatoms. The van der Waals surface area contributed by atoms with Gasteiger partial charge in [-0.1, -0.05) is 74.0 Å². The molecule has 31 heavy (non-hydrogen) atoms. The van der Waals surface area contributed by atoms with Gasteiger partial charge in [-0.05, 0) is 48.2 Å². The lowest BCUT2D eigenvalue weighted by atomic mass is 9.97. The van der Waals surface area contributed by atoms with Crippen molar-refractivity contribution < 1.29 is 18.7 Å². The number of ether oxygens (including phenoxy) is 2. The smallest absolute Gasteiger partial charge is 0.318 e. The Morgan fingerprint density at radius 3 is 2.48 bits per heavy atom. The van der Waals surface area contributed by atoms with Crippen molar-refractivity contribution >= 4 is 12.0 Å². The molecule has 3 nitrogen and oxygen atoms in total. The van der Waals surface area contributed by atoms with E-state index >= 15 is 0 Å². The van der Waals surface area contributed by atoms with Crippen LogP contribution in [0.3, 0.4) is 0 Å². The van der Waals surface area contributed by atoms with Crippen molar-refractivity contribution in [1.29, 1.82) is 0 Å². The number of carbonyl (C=O) groups excluding carboxylic acids is 1. The van der Waals surface area contributed by atoms with Crippen molar-refractivity contribution in [3.63, 3.8) is 0 Å². The molecule has 3 aromatic carbocycles. The number of allylic oxidation sites excluding steroid dienone is 1. The standard InChI is InChI=1S/C27H27FO3/c1-4-5-7-10-20-13-16-25(26(17-20)30-3)31-27(29)19(2)22-14-15-23(24(28)18-22)21-11-8-6-9-12-21/h6-19H,4-5H2,1-3H3/b10-7+. The van der Waals surface area contributed by atoms with Gasteiger partial charge in [-0.15, -0.1) is 0 Å². The number of hydrogen-bond acceptors (Lipinski definition) is 3. The SMILES string of the molecule is CCC/C=C/c1ccc(OC(=O)C(C)c2ccc(-c3ccccc3)c(F)c2)c(OC)c1. The summed E-state index contributed by atoms with van der Waals surface area (Å²) < 4.78 is 25.7. The van der Waals surface area contributed by atoms with Crippen LogP contribution in [0.2, 0.25) is 0 Å². The van der Waals surface area contributed by atoms with Crippen LogP contribution in [0.25, 0.3) is 17.2 Å². The molecular formula is C27H27FO3. The fourth-order valence-corrected chi connectivity index (χ4v) is 3.24. The van der Waals surface area contributed by atoms with Gasteiger partial charge in [0.15, 0.2) is 11.5 Å². The quantitative estimate of drug-likeness (QED) is 0.291. The average molecular weight is 419 g/mol. The summed E-state index contributed by atoms with van der Waals surface area (Å²) in [5.41, 5.74) is 2.81. The van der Waals surface area contributed by atoms with Crippen LogP contribution in [0.4, 0.5) is 4.39 Å². The van der Waals surface area contributed by atoms with E-state index < -0.39 is 11.9 Å². The van der Waals surface area contributed by atoms with Gasteiger partial charge in [0.1, 0.15) is 5.82 Å². The maximum absolute atomic E-state index is 14.7. The number of unbranched alkanes of at least 4 members (excludes halogenated alkanes) is 1. The first kappa shape index (κ1) is 22.3. The van der Waals surface area contributed by atoms with E-state index in [1.807, 2.05) is 48.5 Å². The molecule has 0 saturated heterocycles. The first-order valence-electron chi connectivity index (χ1n) is 10.4. The summed E-state index contributed by atoms with van der Waals surface area (Å²) >= 11 is 0. The third-order valence-electron chi connectivity index (χ3n) is 5.10. The lowest BCUT2D eigenvalue weighted by Crippen LogP contribution is -2.17. The molecule has 0 saturated carbocycles. The summed E-state index contributed by atoms with van der Waals surface area (Å²) in [5.74, 6) is -0.657. The summed E-state index contributed by atoms with van der Waals surface area (Å²) in [6, 6.07) is 19.6. The highest BCUT2D eigenvalue weighted by Crippen LogP contribution is 2.31. The normalized spacial score (nSPS) is 12.0. The zero-order chi connectivity index (χ0) is 22.2. The molecule has 1 atom stereocenters. The molecule has 0 N–H and O–H groups in total. The Hall–Kier alpha value is -3.40. The van der Waals surface area contributed by atoms with Gasteiger partial charge >= 0.3 is 5.97 Å². The van der Waals surface area contributed by atoms with Crippen LogP contribution in [-0.2, 0) is 4.79 Å². The van der Waals surface area contributed by atoms with E-state index in [2.05, 4.69) is 13.0 Å². The second-order valence-corrected chi connectivity index (χ2v) is 7.35. The van der Waals surface area contributed by atoms with Gasteiger partial charge in [-0.25, -0.2) is 4.39 Å². The largest absolute Gasteiger partial charge is 0.493 e. The molecular weight excluding hydrogens is 391 g/mol. The number of esters is 1. The zero-order valence-corrected chi connectivity index (χ0v) is 18.1. The first-order chi connectivity index (χ1) is 15.0. The predicted molar refractivity (Wildman–Crippen MR) is 123 cm³/mol. The van der Waals surface area contributed by atoms with Crippen LogP contribution in [0, 0.1) is 5.82 Å². The summed E-state index contributed by atoms with van der Waals surface area (Å²) in [4.78, 5) is 12.7. The van der Waals surface area contributed by atoms with Crippen LogP contribution >= 0.6 is 0 Å². The van der Waals surface area contributed by atoms with E-state index in [1.54, 1.807) is 25.1 Å². The molecule has 0 fully saturated rings. The van der Waals surface area contributed by atoms with Crippen molar-refractivity contribution in [2.75, 3.05) is 7.11 Å². The lowest BCUT2D eigenvalue weighted by Gasteiger charge is -2.15. The topological polar surface area (TPSA) is 35.5 Å². The van der Waals surface area contributed by atoms with Gasteiger partial charge in [0.05, 0.1) is 13.0 Å². The van der Waals surface area contributed by atoms with E-state index in [9.17, 15) is 9.18 Å². The maximum Gasteiger partial charge on any atom is 0.318 e. The Morgan fingerprint density at radius 1 is 1.03 bits per heavy atom. The number of rotatable bonds is 8. The van der Waals surface area contributed by atoms with Crippen LogP contribution < -0.4 is 9.47 Å².